The van der Waals surface area contributed by atoms with Crippen molar-refractivity contribution in [3.05, 3.63) is 88.9 Å². The fourth-order valence-electron chi connectivity index (χ4n) is 3.28. The molecule has 5 heteroatoms. The fourth-order valence-corrected chi connectivity index (χ4v) is 3.60. The van der Waals surface area contributed by atoms with Crippen molar-refractivity contribution in [2.45, 2.75) is 6.54 Å². The molecule has 0 N–H and O–H groups in total. The Morgan fingerprint density at radius 2 is 1.41 bits per heavy atom. The number of hydrogen-bond acceptors (Lipinski definition) is 2. The number of esters is 1. The number of pyridine rings is 1. The van der Waals surface area contributed by atoms with E-state index in [-0.39, 0.29) is 18.4 Å². The molecule has 1 heterocycles. The van der Waals surface area contributed by atoms with Gasteiger partial charge >= 0.3 is 5.97 Å². The van der Waals surface area contributed by atoms with Gasteiger partial charge in [0, 0.05) is 17.7 Å². The summed E-state index contributed by atoms with van der Waals surface area (Å²) in [7, 11) is 1.39. The van der Waals surface area contributed by atoms with E-state index in [0.717, 1.165) is 32.4 Å². The number of para-hydroxylation sites is 2. The van der Waals surface area contributed by atoms with Crippen molar-refractivity contribution in [2.75, 3.05) is 7.11 Å². The van der Waals surface area contributed by atoms with E-state index >= 15 is 0 Å². The molecule has 3 aromatic carbocycles. The largest absolute Gasteiger partial charge is 1.00 e. The Kier molecular flexibility index (Phi) is 5.64. The third kappa shape index (κ3) is 3.48. The van der Waals surface area contributed by atoms with Gasteiger partial charge in [-0.2, -0.15) is 4.57 Å². The molecule has 0 amide bonds. The van der Waals surface area contributed by atoms with E-state index in [1.54, 1.807) is 12.1 Å². The maximum atomic E-state index is 11.6. The van der Waals surface area contributed by atoms with Crippen LogP contribution in [0.3, 0.4) is 0 Å². The van der Waals surface area contributed by atoms with E-state index in [9.17, 15) is 4.79 Å². The minimum Gasteiger partial charge on any atom is -1.00 e. The molecule has 0 aliphatic rings. The number of rotatable bonds is 3. The van der Waals surface area contributed by atoms with Gasteiger partial charge in [0.05, 0.1) is 28.5 Å². The Labute approximate surface area is 168 Å². The molecule has 0 saturated carbocycles. The first-order valence-electron chi connectivity index (χ1n) is 8.35. The Balaban J connectivity index is 0.00000210. The van der Waals surface area contributed by atoms with Gasteiger partial charge in [0.1, 0.15) is 0 Å². The van der Waals surface area contributed by atoms with Gasteiger partial charge in [-0.15, -0.1) is 0 Å². The molecule has 0 saturated heterocycles. The zero-order valence-electron chi connectivity index (χ0n) is 14.7. The molecular formula is C22H17Cl2NO2. The van der Waals surface area contributed by atoms with Crippen molar-refractivity contribution in [1.29, 1.82) is 0 Å². The van der Waals surface area contributed by atoms with Crippen LogP contribution in [0.2, 0.25) is 5.02 Å². The lowest BCUT2D eigenvalue weighted by molar-refractivity contribution is -0.635. The van der Waals surface area contributed by atoms with Crippen molar-refractivity contribution in [3.8, 4) is 0 Å². The molecule has 0 radical (unpaired) electrons. The number of fused-ring (bicyclic) bond motifs is 2. The molecule has 0 bridgehead atoms. The number of halogens is 2. The van der Waals surface area contributed by atoms with Gasteiger partial charge < -0.3 is 17.1 Å². The second-order valence-corrected chi connectivity index (χ2v) is 6.50. The van der Waals surface area contributed by atoms with Crippen molar-refractivity contribution in [3.63, 3.8) is 0 Å². The van der Waals surface area contributed by atoms with Crippen LogP contribution < -0.4 is 17.0 Å². The summed E-state index contributed by atoms with van der Waals surface area (Å²) >= 11 is 6.66. The van der Waals surface area contributed by atoms with Crippen molar-refractivity contribution < 1.29 is 26.5 Å². The molecule has 136 valence electrons. The van der Waals surface area contributed by atoms with Crippen molar-refractivity contribution in [1.82, 2.24) is 0 Å². The van der Waals surface area contributed by atoms with Gasteiger partial charge in [-0.1, -0.05) is 48.0 Å². The third-order valence-corrected chi connectivity index (χ3v) is 4.99. The molecule has 0 aliphatic carbocycles. The molecular weight excluding hydrogens is 381 g/mol. The summed E-state index contributed by atoms with van der Waals surface area (Å²) in [6.45, 7) is 0.680. The molecule has 0 fully saturated rings. The summed E-state index contributed by atoms with van der Waals surface area (Å²) in [5, 5.41) is 2.83. The number of carbonyl (C=O) groups is 1. The second-order valence-electron chi connectivity index (χ2n) is 6.12. The summed E-state index contributed by atoms with van der Waals surface area (Å²) < 4.78 is 7.02. The highest BCUT2D eigenvalue weighted by Crippen LogP contribution is 2.29. The predicted octanol–water partition coefficient (Wildman–Crippen LogP) is 1.77. The minimum absolute atomic E-state index is 0. The van der Waals surface area contributed by atoms with Crippen LogP contribution >= 0.6 is 11.6 Å². The number of benzene rings is 3. The first-order chi connectivity index (χ1) is 12.7. The van der Waals surface area contributed by atoms with Crippen LogP contribution in [0.5, 0.6) is 0 Å². The Hall–Kier alpha value is -2.62. The third-order valence-electron chi connectivity index (χ3n) is 4.58. The van der Waals surface area contributed by atoms with Crippen molar-refractivity contribution >= 4 is 39.4 Å². The smallest absolute Gasteiger partial charge is 0.337 e. The lowest BCUT2D eigenvalue weighted by Gasteiger charge is -2.08. The molecule has 0 atom stereocenters. The average molecular weight is 398 g/mol. The lowest BCUT2D eigenvalue weighted by Crippen LogP contribution is -3.00. The molecule has 27 heavy (non-hydrogen) atoms. The maximum absolute atomic E-state index is 11.6. The Morgan fingerprint density at radius 3 is 1.93 bits per heavy atom. The number of aromatic nitrogens is 1. The molecule has 4 rings (SSSR count). The zero-order valence-corrected chi connectivity index (χ0v) is 16.2. The summed E-state index contributed by atoms with van der Waals surface area (Å²) in [5.41, 5.74) is 3.80. The maximum Gasteiger partial charge on any atom is 0.337 e. The minimum atomic E-state index is -0.327. The van der Waals surface area contributed by atoms with Crippen LogP contribution in [0.1, 0.15) is 15.9 Å². The van der Waals surface area contributed by atoms with Crippen LogP contribution in [0.15, 0.2) is 72.8 Å². The summed E-state index contributed by atoms with van der Waals surface area (Å²) in [6.07, 6.45) is 0. The number of carbonyl (C=O) groups excluding carboxylic acids is 1. The van der Waals surface area contributed by atoms with Gasteiger partial charge in [0.15, 0.2) is 6.54 Å². The molecule has 4 aromatic rings. The van der Waals surface area contributed by atoms with Crippen LogP contribution in [-0.2, 0) is 11.3 Å². The molecule has 0 spiro atoms. The van der Waals surface area contributed by atoms with Gasteiger partial charge in [0.2, 0.25) is 11.0 Å². The monoisotopic (exact) mass is 397 g/mol. The average Bonchev–Trinajstić information content (AvgIpc) is 2.71. The highest BCUT2D eigenvalue weighted by atomic mass is 35.5. The van der Waals surface area contributed by atoms with Crippen molar-refractivity contribution in [2.24, 2.45) is 0 Å². The number of methoxy groups -OCH3 is 1. The number of nitrogens with zero attached hydrogens (tertiary/aromatic N) is 1. The van der Waals surface area contributed by atoms with Gasteiger partial charge in [-0.3, -0.25) is 0 Å². The summed E-state index contributed by atoms with van der Waals surface area (Å²) in [4.78, 5) is 11.6. The van der Waals surface area contributed by atoms with Gasteiger partial charge in [-0.05, 0) is 24.3 Å². The molecule has 1 aromatic heterocycles. The zero-order chi connectivity index (χ0) is 18.1. The number of hydrogen-bond donors (Lipinski definition) is 0. The number of ether oxygens (including phenoxy) is 1. The fraction of sp³-hybridized carbons (Fsp3) is 0.0909. The van der Waals surface area contributed by atoms with Gasteiger partial charge in [0.25, 0.3) is 0 Å². The Morgan fingerprint density at radius 1 is 0.889 bits per heavy atom. The second kappa shape index (κ2) is 7.95. The van der Waals surface area contributed by atoms with E-state index in [1.807, 2.05) is 48.5 Å². The predicted molar refractivity (Wildman–Crippen MR) is 104 cm³/mol. The lowest BCUT2D eigenvalue weighted by atomic mass is 10.1. The first-order valence-corrected chi connectivity index (χ1v) is 8.73. The van der Waals surface area contributed by atoms with E-state index in [1.165, 1.54) is 7.11 Å². The van der Waals surface area contributed by atoms with E-state index in [4.69, 9.17) is 16.3 Å². The highest BCUT2D eigenvalue weighted by Gasteiger charge is 2.19. The first kappa shape index (κ1) is 19.2. The molecule has 0 unspecified atom stereocenters. The van der Waals surface area contributed by atoms with Crippen LogP contribution in [-0.4, -0.2) is 13.1 Å². The van der Waals surface area contributed by atoms with Crippen LogP contribution in [0.25, 0.3) is 21.8 Å². The van der Waals surface area contributed by atoms with Crippen LogP contribution in [0, 0.1) is 0 Å². The quantitative estimate of drug-likeness (QED) is 0.299. The van der Waals surface area contributed by atoms with Crippen LogP contribution in [0.4, 0.5) is 0 Å². The SMILES string of the molecule is COC(=O)c1ccc(C[n+]2c3ccccc3c(Cl)c3ccccc32)cc1.[Cl-]. The Bertz CT molecular complexity index is 1070. The molecule has 0 aliphatic heterocycles. The van der Waals surface area contributed by atoms with E-state index in [0.29, 0.717) is 12.1 Å². The normalized spacial score (nSPS) is 10.6. The van der Waals surface area contributed by atoms with Gasteiger partial charge in [-0.25, -0.2) is 4.79 Å². The summed E-state index contributed by atoms with van der Waals surface area (Å²) in [5.74, 6) is -0.327. The summed E-state index contributed by atoms with van der Waals surface area (Å²) in [6, 6.07) is 23.8. The molecule has 3 nitrogen and oxygen atoms in total. The standard InChI is InChI=1S/C22H17ClNO2.ClH/c1-26-22(25)16-12-10-15(11-13-16)14-24-19-8-4-2-6-17(19)21(23)18-7-3-5-9-20(18)24;/h2-13H,14H2,1H3;1H/q+1;/p-1. The highest BCUT2D eigenvalue weighted by molar-refractivity contribution is 6.39. The van der Waals surface area contributed by atoms with E-state index < -0.39 is 0 Å². The topological polar surface area (TPSA) is 30.2 Å². The van der Waals surface area contributed by atoms with E-state index in [2.05, 4.69) is 16.7 Å².